The van der Waals surface area contributed by atoms with Gasteiger partial charge in [-0.15, -0.1) is 16.9 Å². The molecule has 3 N–H and O–H groups in total. The number of aryl methyl sites for hydroxylation is 1. The topological polar surface area (TPSA) is 67.6 Å². The van der Waals surface area contributed by atoms with Crippen LogP contribution in [0.4, 0.5) is 0 Å². The Morgan fingerprint density at radius 3 is 2.72 bits per heavy atom. The molecule has 0 aliphatic carbocycles. The molecular weight excluding hydrogens is 264 g/mol. The molecule has 0 unspecified atom stereocenters. The largest absolute Gasteiger partial charge is 0.326 e. The summed E-state index contributed by atoms with van der Waals surface area (Å²) in [4.78, 5) is 6.69. The van der Waals surface area contributed by atoms with Crippen LogP contribution in [-0.2, 0) is 6.54 Å². The zero-order chi connectivity index (χ0) is 13.0. The van der Waals surface area contributed by atoms with E-state index in [2.05, 4.69) is 40.3 Å². The minimum Gasteiger partial charge on any atom is -0.326 e. The number of H-pyrrole nitrogens is 1. The minimum atomic E-state index is 0.537. The van der Waals surface area contributed by atoms with E-state index >= 15 is 0 Å². The van der Waals surface area contributed by atoms with Gasteiger partial charge in [0.1, 0.15) is 5.82 Å². The predicted molar refractivity (Wildman–Crippen MR) is 76.0 cm³/mol. The molecule has 0 bridgehead atoms. The third-order valence-electron chi connectivity index (χ3n) is 2.37. The molecule has 0 amide bonds. The fourth-order valence-electron chi connectivity index (χ4n) is 1.60. The van der Waals surface area contributed by atoms with E-state index in [0.29, 0.717) is 6.54 Å². The Labute approximate surface area is 115 Å². The molecule has 0 saturated heterocycles. The molecule has 0 spiro atoms. The highest BCUT2D eigenvalue weighted by Gasteiger charge is 2.10. The predicted octanol–water partition coefficient (Wildman–Crippen LogP) is 2.84. The first-order valence-corrected chi connectivity index (χ1v) is 7.56. The third kappa shape index (κ3) is 3.07. The summed E-state index contributed by atoms with van der Waals surface area (Å²) in [5.41, 5.74) is 7.04. The Morgan fingerprint density at radius 1 is 1.33 bits per heavy atom. The van der Waals surface area contributed by atoms with Crippen LogP contribution in [-0.4, -0.2) is 20.9 Å². The number of nitrogens with two attached hydrogens (primary N) is 1. The maximum absolute atomic E-state index is 5.87. The van der Waals surface area contributed by atoms with E-state index in [4.69, 9.17) is 5.73 Å². The number of nitrogens with one attached hydrogen (secondary N) is 1. The van der Waals surface area contributed by atoms with Gasteiger partial charge in [0.05, 0.1) is 0 Å². The molecule has 2 aromatic rings. The fourth-order valence-corrected chi connectivity index (χ4v) is 3.45. The molecule has 0 radical (unpaired) electrons. The van der Waals surface area contributed by atoms with Crippen molar-refractivity contribution in [2.45, 2.75) is 35.3 Å². The van der Waals surface area contributed by atoms with Gasteiger partial charge >= 0.3 is 0 Å². The highest BCUT2D eigenvalue weighted by Crippen LogP contribution is 2.33. The van der Waals surface area contributed by atoms with Gasteiger partial charge in [0.2, 0.25) is 5.16 Å². The first-order valence-electron chi connectivity index (χ1n) is 5.76. The van der Waals surface area contributed by atoms with E-state index in [1.165, 1.54) is 10.5 Å². The standard InChI is InChI=1S/C12H16N4S2/c1-3-17-10-5-4-6-11(9(10)7-13)18-12-14-8(2)15-16-12/h4-6H,3,7,13H2,1-2H3,(H,14,15,16). The van der Waals surface area contributed by atoms with Crippen molar-refractivity contribution >= 4 is 23.5 Å². The van der Waals surface area contributed by atoms with Crippen LogP contribution in [0.3, 0.4) is 0 Å². The van der Waals surface area contributed by atoms with Crippen LogP contribution in [0.15, 0.2) is 33.1 Å². The SMILES string of the molecule is CCSc1cccc(Sc2n[nH]c(C)n2)c1CN. The van der Waals surface area contributed by atoms with Crippen molar-refractivity contribution in [1.29, 1.82) is 0 Å². The molecule has 4 nitrogen and oxygen atoms in total. The Balaban J connectivity index is 2.29. The van der Waals surface area contributed by atoms with Gasteiger partial charge in [-0.2, -0.15) is 0 Å². The fraction of sp³-hybridized carbons (Fsp3) is 0.333. The summed E-state index contributed by atoms with van der Waals surface area (Å²) in [7, 11) is 0. The second-order valence-electron chi connectivity index (χ2n) is 3.68. The van der Waals surface area contributed by atoms with Crippen LogP contribution in [0.1, 0.15) is 18.3 Å². The molecule has 0 saturated carbocycles. The first kappa shape index (κ1) is 13.5. The zero-order valence-electron chi connectivity index (χ0n) is 10.4. The van der Waals surface area contributed by atoms with Gasteiger partial charge in [-0.1, -0.05) is 13.0 Å². The lowest BCUT2D eigenvalue weighted by Gasteiger charge is -2.10. The molecule has 1 heterocycles. The van der Waals surface area contributed by atoms with Crippen LogP contribution >= 0.6 is 23.5 Å². The molecule has 18 heavy (non-hydrogen) atoms. The number of hydrogen-bond donors (Lipinski definition) is 2. The number of rotatable bonds is 5. The molecule has 1 aromatic heterocycles. The molecule has 0 atom stereocenters. The highest BCUT2D eigenvalue weighted by atomic mass is 32.2. The van der Waals surface area contributed by atoms with Crippen LogP contribution in [0.2, 0.25) is 0 Å². The quantitative estimate of drug-likeness (QED) is 0.824. The maximum Gasteiger partial charge on any atom is 0.213 e. The molecule has 1 aromatic carbocycles. The molecule has 0 aliphatic rings. The van der Waals surface area contributed by atoms with Gasteiger partial charge in [0.15, 0.2) is 0 Å². The lowest BCUT2D eigenvalue weighted by Crippen LogP contribution is -2.01. The van der Waals surface area contributed by atoms with Crippen molar-refractivity contribution in [3.05, 3.63) is 29.6 Å². The van der Waals surface area contributed by atoms with Crippen molar-refractivity contribution in [1.82, 2.24) is 15.2 Å². The minimum absolute atomic E-state index is 0.537. The second kappa shape index (κ2) is 6.26. The number of aromatic amines is 1. The zero-order valence-corrected chi connectivity index (χ0v) is 12.1. The molecule has 0 fully saturated rings. The normalized spacial score (nSPS) is 10.8. The number of nitrogens with zero attached hydrogens (tertiary/aromatic N) is 2. The second-order valence-corrected chi connectivity index (χ2v) is 5.99. The summed E-state index contributed by atoms with van der Waals surface area (Å²) >= 11 is 3.37. The monoisotopic (exact) mass is 280 g/mol. The summed E-state index contributed by atoms with van der Waals surface area (Å²) in [6, 6.07) is 6.24. The lowest BCUT2D eigenvalue weighted by atomic mass is 10.2. The van der Waals surface area contributed by atoms with Gasteiger partial charge < -0.3 is 5.73 Å². The number of hydrogen-bond acceptors (Lipinski definition) is 5. The Bertz CT molecular complexity index is 525. The van der Waals surface area contributed by atoms with Crippen LogP contribution in [0.5, 0.6) is 0 Å². The highest BCUT2D eigenvalue weighted by molar-refractivity contribution is 8.00. The van der Waals surface area contributed by atoms with E-state index in [1.54, 1.807) is 11.8 Å². The molecule has 96 valence electrons. The van der Waals surface area contributed by atoms with Gasteiger partial charge in [-0.3, -0.25) is 5.10 Å². The Kier molecular flexibility index (Phi) is 4.68. The Morgan fingerprint density at radius 2 is 2.11 bits per heavy atom. The van der Waals surface area contributed by atoms with Crippen molar-refractivity contribution in [2.75, 3.05) is 5.75 Å². The molecule has 0 aliphatic heterocycles. The van der Waals surface area contributed by atoms with E-state index in [-0.39, 0.29) is 0 Å². The van der Waals surface area contributed by atoms with Crippen molar-refractivity contribution in [3.63, 3.8) is 0 Å². The van der Waals surface area contributed by atoms with Crippen LogP contribution < -0.4 is 5.73 Å². The molecule has 2 rings (SSSR count). The van der Waals surface area contributed by atoms with E-state index in [9.17, 15) is 0 Å². The number of aromatic nitrogens is 3. The number of thioether (sulfide) groups is 1. The van der Waals surface area contributed by atoms with Crippen molar-refractivity contribution in [3.8, 4) is 0 Å². The average molecular weight is 280 g/mol. The van der Waals surface area contributed by atoms with Gasteiger partial charge in [0.25, 0.3) is 0 Å². The maximum atomic E-state index is 5.87. The van der Waals surface area contributed by atoms with Gasteiger partial charge in [0, 0.05) is 16.3 Å². The smallest absolute Gasteiger partial charge is 0.213 e. The first-order chi connectivity index (χ1) is 8.74. The number of benzene rings is 1. The summed E-state index contributed by atoms with van der Waals surface area (Å²) in [6.45, 7) is 4.57. The van der Waals surface area contributed by atoms with Crippen molar-refractivity contribution in [2.24, 2.45) is 5.73 Å². The van der Waals surface area contributed by atoms with E-state index in [1.807, 2.05) is 18.7 Å². The van der Waals surface area contributed by atoms with Gasteiger partial charge in [-0.05, 0) is 42.1 Å². The third-order valence-corrected chi connectivity index (χ3v) is 4.32. The van der Waals surface area contributed by atoms with Crippen molar-refractivity contribution < 1.29 is 0 Å². The lowest BCUT2D eigenvalue weighted by molar-refractivity contribution is 0.954. The Hall–Kier alpha value is -0.980. The summed E-state index contributed by atoms with van der Waals surface area (Å²) < 4.78 is 0. The average Bonchev–Trinajstić information content (AvgIpc) is 2.76. The van der Waals surface area contributed by atoms with Crippen LogP contribution in [0.25, 0.3) is 0 Å². The van der Waals surface area contributed by atoms with E-state index < -0.39 is 0 Å². The van der Waals surface area contributed by atoms with Gasteiger partial charge in [-0.25, -0.2) is 4.98 Å². The summed E-state index contributed by atoms with van der Waals surface area (Å²) in [6.07, 6.45) is 0. The molecule has 6 heteroatoms. The summed E-state index contributed by atoms with van der Waals surface area (Å²) in [5.74, 6) is 1.87. The summed E-state index contributed by atoms with van der Waals surface area (Å²) in [5, 5.41) is 7.73. The van der Waals surface area contributed by atoms with Crippen LogP contribution in [0, 0.1) is 6.92 Å². The molecular formula is C12H16N4S2. The van der Waals surface area contributed by atoms with E-state index in [0.717, 1.165) is 21.6 Å².